The van der Waals surface area contributed by atoms with E-state index in [9.17, 15) is 56.3 Å². The third-order valence-electron chi connectivity index (χ3n) is 4.26. The van der Waals surface area contributed by atoms with Crippen molar-refractivity contribution >= 4 is 20.0 Å². The molecule has 174 valence electrons. The Bertz CT molecular complexity index is 806. The number of rotatable bonds is 7. The zero-order valence-electron chi connectivity index (χ0n) is 14.7. The maximum atomic E-state index is 14.2. The molecule has 0 bridgehead atoms. The van der Waals surface area contributed by atoms with E-state index >= 15 is 0 Å². The third kappa shape index (κ3) is 4.59. The fraction of sp³-hybridized carbons (Fsp3) is 1.00. The molecule has 0 radical (unpaired) electrons. The SMILES string of the molecule is CC(N1CCN(C)CC1)C(F)(F)C(F)(F)C(F)(F)S(=O)(=O)NS(=O)(=O)C(F)(F)F. The number of halogens is 9. The fourth-order valence-corrected chi connectivity index (χ4v) is 4.73. The molecule has 1 heterocycles. The van der Waals surface area contributed by atoms with Gasteiger partial charge in [0.15, 0.2) is 0 Å². The Kier molecular flexibility index (Phi) is 6.94. The Hall–Kier alpha value is -0.850. The van der Waals surface area contributed by atoms with Crippen LogP contribution < -0.4 is 4.13 Å². The molecule has 0 amide bonds. The molecule has 0 spiro atoms. The summed E-state index contributed by atoms with van der Waals surface area (Å²) in [5, 5.41) is -6.91. The van der Waals surface area contributed by atoms with Gasteiger partial charge in [0.1, 0.15) is 0 Å². The number of sulfonamides is 2. The number of nitrogens with one attached hydrogen (secondary N) is 1. The molecular formula is C11H16F9N3O4S2. The van der Waals surface area contributed by atoms with Crippen molar-refractivity contribution < 1.29 is 56.3 Å². The van der Waals surface area contributed by atoms with Crippen molar-refractivity contribution in [3.63, 3.8) is 0 Å². The molecular weight excluding hydrogens is 473 g/mol. The molecule has 18 heteroatoms. The molecule has 1 unspecified atom stereocenters. The van der Waals surface area contributed by atoms with Crippen molar-refractivity contribution in [1.82, 2.24) is 13.9 Å². The fourth-order valence-electron chi connectivity index (χ4n) is 2.31. The van der Waals surface area contributed by atoms with Crippen molar-refractivity contribution in [1.29, 1.82) is 0 Å². The quantitative estimate of drug-likeness (QED) is 0.542. The van der Waals surface area contributed by atoms with Crippen LogP contribution in [0.15, 0.2) is 0 Å². The van der Waals surface area contributed by atoms with E-state index in [0.717, 1.165) is 0 Å². The number of likely N-dealkylation sites (N-methyl/N-ethyl adjacent to an activating group) is 1. The topological polar surface area (TPSA) is 86.8 Å². The minimum atomic E-state index is -7.46. The molecule has 29 heavy (non-hydrogen) atoms. The summed E-state index contributed by atoms with van der Waals surface area (Å²) in [5.74, 6) is -12.5. The van der Waals surface area contributed by atoms with E-state index < -0.39 is 52.8 Å². The van der Waals surface area contributed by atoms with Crippen LogP contribution in [0.25, 0.3) is 0 Å². The Morgan fingerprint density at radius 1 is 0.793 bits per heavy atom. The summed E-state index contributed by atoms with van der Waals surface area (Å²) in [6, 6.07) is -2.66. The predicted molar refractivity (Wildman–Crippen MR) is 80.4 cm³/mol. The second-order valence-electron chi connectivity index (χ2n) is 6.27. The van der Waals surface area contributed by atoms with Gasteiger partial charge in [0.25, 0.3) is 10.0 Å². The lowest BCUT2D eigenvalue weighted by atomic mass is 10.0. The van der Waals surface area contributed by atoms with Crippen LogP contribution in [0.4, 0.5) is 39.5 Å². The molecule has 1 saturated heterocycles. The molecule has 7 nitrogen and oxygen atoms in total. The Balaban J connectivity index is 3.29. The van der Waals surface area contributed by atoms with E-state index in [0.29, 0.717) is 11.8 Å². The zero-order chi connectivity index (χ0) is 23.3. The third-order valence-corrected chi connectivity index (χ3v) is 7.55. The zero-order valence-corrected chi connectivity index (χ0v) is 16.3. The van der Waals surface area contributed by atoms with Crippen molar-refractivity contribution in [3.8, 4) is 0 Å². The van der Waals surface area contributed by atoms with Gasteiger partial charge in [0.2, 0.25) is 0 Å². The highest BCUT2D eigenvalue weighted by molar-refractivity contribution is 8.05. The summed E-state index contributed by atoms with van der Waals surface area (Å²) < 4.78 is 164. The van der Waals surface area contributed by atoms with E-state index in [-0.39, 0.29) is 26.2 Å². The summed E-state index contributed by atoms with van der Waals surface area (Å²) in [6.45, 7) is 0.0324. The van der Waals surface area contributed by atoms with Gasteiger partial charge in [0, 0.05) is 26.2 Å². The lowest BCUT2D eigenvalue weighted by Crippen LogP contribution is -2.67. The molecule has 0 aliphatic carbocycles. The van der Waals surface area contributed by atoms with Crippen molar-refractivity contribution in [2.45, 2.75) is 35.6 Å². The predicted octanol–water partition coefficient (Wildman–Crippen LogP) is 1.25. The molecule has 1 aliphatic heterocycles. The first-order valence-electron chi connectivity index (χ1n) is 7.52. The van der Waals surface area contributed by atoms with E-state index in [1.807, 2.05) is 0 Å². The van der Waals surface area contributed by atoms with E-state index in [1.165, 1.54) is 0 Å². The highest BCUT2D eigenvalue weighted by Gasteiger charge is 2.79. The standard InChI is InChI=1S/C11H16F9N3O4S2/c1-7(23-5-3-22(2)4-6-23)8(12,13)9(14,15)10(16,17)28(24,25)21-29(26,27)11(18,19)20/h7,21H,3-6H2,1-2H3. The number of hydrogen-bond donors (Lipinski definition) is 1. The molecule has 0 saturated carbocycles. The lowest BCUT2D eigenvalue weighted by Gasteiger charge is -2.42. The number of alkyl halides is 9. The molecule has 1 aliphatic rings. The van der Waals surface area contributed by atoms with Crippen LogP contribution in [0, 0.1) is 0 Å². The second kappa shape index (κ2) is 7.69. The summed E-state index contributed by atoms with van der Waals surface area (Å²) >= 11 is 0. The van der Waals surface area contributed by atoms with Gasteiger partial charge in [-0.2, -0.15) is 39.5 Å². The molecule has 0 aromatic rings. The van der Waals surface area contributed by atoms with E-state index in [2.05, 4.69) is 0 Å². The first-order valence-corrected chi connectivity index (χ1v) is 10.5. The minimum absolute atomic E-state index is 0.0893. The van der Waals surface area contributed by atoms with Gasteiger partial charge in [0.05, 0.1) is 6.04 Å². The summed E-state index contributed by atoms with van der Waals surface area (Å²) in [5.41, 5.74) is -6.49. The number of hydrogen-bond acceptors (Lipinski definition) is 6. The summed E-state index contributed by atoms with van der Waals surface area (Å²) in [4.78, 5) is 2.26. The average Bonchev–Trinajstić information content (AvgIpc) is 2.52. The number of nitrogens with zero attached hydrogens (tertiary/aromatic N) is 2. The average molecular weight is 489 g/mol. The molecule has 1 fully saturated rings. The van der Waals surface area contributed by atoms with E-state index in [1.54, 1.807) is 11.9 Å². The van der Waals surface area contributed by atoms with Crippen LogP contribution in [0.5, 0.6) is 0 Å². The van der Waals surface area contributed by atoms with Gasteiger partial charge < -0.3 is 4.90 Å². The van der Waals surface area contributed by atoms with Crippen LogP contribution >= 0.6 is 0 Å². The van der Waals surface area contributed by atoms with Gasteiger partial charge in [-0.1, -0.05) is 4.13 Å². The lowest BCUT2D eigenvalue weighted by molar-refractivity contribution is -0.297. The van der Waals surface area contributed by atoms with Crippen LogP contribution in [-0.2, 0) is 20.0 Å². The monoisotopic (exact) mass is 489 g/mol. The van der Waals surface area contributed by atoms with Crippen molar-refractivity contribution in [2.24, 2.45) is 0 Å². The van der Waals surface area contributed by atoms with Gasteiger partial charge in [-0.05, 0) is 14.0 Å². The molecule has 1 rings (SSSR count). The van der Waals surface area contributed by atoms with Gasteiger partial charge >= 0.3 is 32.6 Å². The first-order chi connectivity index (χ1) is 12.6. The highest BCUT2D eigenvalue weighted by Crippen LogP contribution is 2.50. The van der Waals surface area contributed by atoms with Crippen molar-refractivity contribution in [2.75, 3.05) is 33.2 Å². The van der Waals surface area contributed by atoms with E-state index in [4.69, 9.17) is 0 Å². The van der Waals surface area contributed by atoms with Gasteiger partial charge in [-0.25, -0.2) is 16.8 Å². The Morgan fingerprint density at radius 2 is 1.21 bits per heavy atom. The number of piperazine rings is 1. The van der Waals surface area contributed by atoms with Gasteiger partial charge in [-0.15, -0.1) is 0 Å². The maximum Gasteiger partial charge on any atom is 0.512 e. The second-order valence-corrected chi connectivity index (χ2v) is 9.92. The minimum Gasteiger partial charge on any atom is -0.304 e. The van der Waals surface area contributed by atoms with Crippen LogP contribution in [-0.4, -0.2) is 88.5 Å². The summed E-state index contributed by atoms with van der Waals surface area (Å²) in [7, 11) is -13.0. The largest absolute Gasteiger partial charge is 0.512 e. The molecule has 1 atom stereocenters. The van der Waals surface area contributed by atoms with Crippen LogP contribution in [0.3, 0.4) is 0 Å². The Morgan fingerprint density at radius 3 is 1.59 bits per heavy atom. The normalized spacial score (nSPS) is 20.7. The maximum absolute atomic E-state index is 14.2. The Labute approximate surface area is 159 Å². The molecule has 1 N–H and O–H groups in total. The smallest absolute Gasteiger partial charge is 0.304 e. The highest BCUT2D eigenvalue weighted by atomic mass is 32.3. The molecule has 0 aromatic carbocycles. The summed E-state index contributed by atoms with van der Waals surface area (Å²) in [6.07, 6.45) is 0. The van der Waals surface area contributed by atoms with Crippen LogP contribution in [0.2, 0.25) is 0 Å². The van der Waals surface area contributed by atoms with Crippen LogP contribution in [0.1, 0.15) is 6.92 Å². The molecule has 0 aromatic heterocycles. The van der Waals surface area contributed by atoms with Crippen molar-refractivity contribution in [3.05, 3.63) is 0 Å². The van der Waals surface area contributed by atoms with Gasteiger partial charge in [-0.3, -0.25) is 4.90 Å². The first kappa shape index (κ1) is 26.2.